The monoisotopic (exact) mass is 512 g/mol. The maximum absolute atomic E-state index is 6.09. The molecule has 4 aromatic carbocycles. The van der Waals surface area contributed by atoms with E-state index in [9.17, 15) is 0 Å². The second kappa shape index (κ2) is 10.6. The molecule has 0 atom stereocenters. The molecule has 39 heavy (non-hydrogen) atoms. The van der Waals surface area contributed by atoms with Crippen molar-refractivity contribution in [1.82, 2.24) is 9.55 Å². The number of hydrogen-bond acceptors (Lipinski definition) is 2. The fourth-order valence-corrected chi connectivity index (χ4v) is 5.83. The van der Waals surface area contributed by atoms with Crippen molar-refractivity contribution in [3.8, 4) is 11.4 Å². The maximum atomic E-state index is 6.09. The van der Waals surface area contributed by atoms with E-state index in [1.165, 1.54) is 27.8 Å². The Balaban J connectivity index is 1.46. The molecule has 0 aliphatic rings. The number of imidazole rings is 1. The molecule has 0 radical (unpaired) electrons. The van der Waals surface area contributed by atoms with Gasteiger partial charge in [-0.1, -0.05) is 94.4 Å². The van der Waals surface area contributed by atoms with E-state index < -0.39 is 0 Å². The largest absolute Gasteiger partial charge is 0.464 e. The lowest BCUT2D eigenvalue weighted by molar-refractivity contribution is 0.616. The number of furan rings is 1. The van der Waals surface area contributed by atoms with Crippen molar-refractivity contribution in [2.45, 2.75) is 58.9 Å². The summed E-state index contributed by atoms with van der Waals surface area (Å²) in [6, 6.07) is 32.5. The average molecular weight is 513 g/mol. The summed E-state index contributed by atoms with van der Waals surface area (Å²) in [5.41, 5.74) is 11.0. The molecule has 196 valence electrons. The lowest BCUT2D eigenvalue weighted by atomic mass is 9.88. The van der Waals surface area contributed by atoms with E-state index in [4.69, 9.17) is 9.40 Å². The third-order valence-electron chi connectivity index (χ3n) is 7.89. The van der Waals surface area contributed by atoms with Crippen molar-refractivity contribution in [3.63, 3.8) is 0 Å². The second-order valence-corrected chi connectivity index (χ2v) is 11.2. The number of benzene rings is 4. The number of nitrogens with zero attached hydrogens (tertiary/aromatic N) is 2. The Morgan fingerprint density at radius 1 is 0.718 bits per heavy atom. The number of para-hydroxylation sites is 2. The second-order valence-electron chi connectivity index (χ2n) is 11.2. The average Bonchev–Trinajstić information content (AvgIpc) is 3.53. The van der Waals surface area contributed by atoms with Gasteiger partial charge < -0.3 is 8.98 Å². The standard InChI is InChI=1S/C36H36N2O/c1-24(2)28-13-10-14-29(25(3)4)31(28)22-38-34-16-9-8-15-33(34)37-36(38)32-23-39-35-20-19-27(21-30(32)35)18-17-26-11-6-5-7-12-26/h5-16,19-21,23-25H,17-18,22H2,1-4H3. The van der Waals surface area contributed by atoms with Crippen LogP contribution >= 0.6 is 0 Å². The Morgan fingerprint density at radius 3 is 2.15 bits per heavy atom. The van der Waals surface area contributed by atoms with Crippen LogP contribution in [0, 0.1) is 0 Å². The fourth-order valence-electron chi connectivity index (χ4n) is 5.83. The lowest BCUT2D eigenvalue weighted by Crippen LogP contribution is -2.10. The van der Waals surface area contributed by atoms with Crippen LogP contribution in [0.4, 0.5) is 0 Å². The molecule has 0 spiro atoms. The molecule has 6 aromatic rings. The first-order valence-electron chi connectivity index (χ1n) is 14.1. The van der Waals surface area contributed by atoms with Crippen molar-refractivity contribution in [2.75, 3.05) is 0 Å². The highest BCUT2D eigenvalue weighted by molar-refractivity contribution is 5.95. The van der Waals surface area contributed by atoms with Crippen LogP contribution in [0.15, 0.2) is 102 Å². The summed E-state index contributed by atoms with van der Waals surface area (Å²) in [6.07, 6.45) is 3.89. The first-order chi connectivity index (χ1) is 19.0. The number of rotatable bonds is 8. The van der Waals surface area contributed by atoms with Crippen LogP contribution in [0.1, 0.15) is 67.3 Å². The molecule has 0 fully saturated rings. The van der Waals surface area contributed by atoms with Gasteiger partial charge in [0.05, 0.1) is 23.1 Å². The smallest absolute Gasteiger partial charge is 0.145 e. The number of fused-ring (bicyclic) bond motifs is 2. The number of aromatic nitrogens is 2. The highest BCUT2D eigenvalue weighted by atomic mass is 16.3. The predicted molar refractivity (Wildman–Crippen MR) is 163 cm³/mol. The van der Waals surface area contributed by atoms with Gasteiger partial charge in [-0.15, -0.1) is 0 Å². The zero-order valence-corrected chi connectivity index (χ0v) is 23.3. The zero-order valence-electron chi connectivity index (χ0n) is 23.3. The van der Waals surface area contributed by atoms with Crippen LogP contribution in [0.5, 0.6) is 0 Å². The molecule has 0 unspecified atom stereocenters. The normalized spacial score (nSPS) is 11.8. The van der Waals surface area contributed by atoms with Gasteiger partial charge in [0.25, 0.3) is 0 Å². The molecule has 0 aliphatic carbocycles. The van der Waals surface area contributed by atoms with Crippen molar-refractivity contribution in [2.24, 2.45) is 0 Å². The van der Waals surface area contributed by atoms with E-state index in [2.05, 4.69) is 123 Å². The molecule has 0 bridgehead atoms. The molecule has 0 amide bonds. The Kier molecular flexibility index (Phi) is 6.83. The van der Waals surface area contributed by atoms with Crippen molar-refractivity contribution in [1.29, 1.82) is 0 Å². The Bertz CT molecular complexity index is 1710. The summed E-state index contributed by atoms with van der Waals surface area (Å²) in [4.78, 5) is 5.18. The highest BCUT2D eigenvalue weighted by Crippen LogP contribution is 2.36. The van der Waals surface area contributed by atoms with Gasteiger partial charge in [0.15, 0.2) is 0 Å². The topological polar surface area (TPSA) is 31.0 Å². The molecule has 3 nitrogen and oxygen atoms in total. The molecule has 6 rings (SSSR count). The van der Waals surface area contributed by atoms with E-state index in [1.807, 2.05) is 6.26 Å². The summed E-state index contributed by atoms with van der Waals surface area (Å²) in [5.74, 6) is 1.85. The summed E-state index contributed by atoms with van der Waals surface area (Å²) in [6.45, 7) is 9.93. The Hall–Kier alpha value is -4.11. The minimum Gasteiger partial charge on any atom is -0.464 e. The maximum Gasteiger partial charge on any atom is 0.145 e. The predicted octanol–water partition coefficient (Wildman–Crippen LogP) is 9.53. The van der Waals surface area contributed by atoms with Gasteiger partial charge >= 0.3 is 0 Å². The molecule has 0 N–H and O–H groups in total. The molecular formula is C36H36N2O. The molecule has 3 heteroatoms. The number of hydrogen-bond donors (Lipinski definition) is 0. The minimum atomic E-state index is 0.443. The van der Waals surface area contributed by atoms with Crippen LogP contribution in [0.25, 0.3) is 33.4 Å². The van der Waals surface area contributed by atoms with E-state index >= 15 is 0 Å². The number of aryl methyl sites for hydroxylation is 2. The van der Waals surface area contributed by atoms with Gasteiger partial charge in [0.2, 0.25) is 0 Å². The summed E-state index contributed by atoms with van der Waals surface area (Å²) in [5, 5.41) is 1.12. The van der Waals surface area contributed by atoms with Gasteiger partial charge in [-0.25, -0.2) is 4.98 Å². The third kappa shape index (κ3) is 4.90. The van der Waals surface area contributed by atoms with E-state index in [0.717, 1.165) is 52.8 Å². The van der Waals surface area contributed by atoms with Crippen LogP contribution in [0.2, 0.25) is 0 Å². The van der Waals surface area contributed by atoms with Gasteiger partial charge in [0.1, 0.15) is 17.7 Å². The summed E-state index contributed by atoms with van der Waals surface area (Å²) in [7, 11) is 0. The zero-order chi connectivity index (χ0) is 26.9. The van der Waals surface area contributed by atoms with Gasteiger partial charge in [-0.05, 0) is 76.8 Å². The molecule has 0 saturated carbocycles. The Morgan fingerprint density at radius 2 is 1.41 bits per heavy atom. The summed E-state index contributed by atoms with van der Waals surface area (Å²) >= 11 is 0. The molecule has 0 aliphatic heterocycles. The van der Waals surface area contributed by atoms with Crippen LogP contribution in [-0.2, 0) is 19.4 Å². The van der Waals surface area contributed by atoms with Crippen molar-refractivity contribution in [3.05, 3.63) is 125 Å². The first kappa shape index (κ1) is 25.2. The van der Waals surface area contributed by atoms with Gasteiger partial charge in [-0.2, -0.15) is 0 Å². The van der Waals surface area contributed by atoms with Crippen LogP contribution in [-0.4, -0.2) is 9.55 Å². The fraction of sp³-hybridized carbons (Fsp3) is 0.250. The van der Waals surface area contributed by atoms with Gasteiger partial charge in [-0.3, -0.25) is 0 Å². The Labute approximate surface area is 231 Å². The van der Waals surface area contributed by atoms with E-state index in [1.54, 1.807) is 0 Å². The summed E-state index contributed by atoms with van der Waals surface area (Å²) < 4.78 is 8.49. The van der Waals surface area contributed by atoms with E-state index in [-0.39, 0.29) is 0 Å². The molecule has 2 heterocycles. The molecule has 2 aromatic heterocycles. The molecule has 0 saturated heterocycles. The van der Waals surface area contributed by atoms with Crippen LogP contribution < -0.4 is 0 Å². The van der Waals surface area contributed by atoms with Crippen molar-refractivity contribution < 1.29 is 4.42 Å². The quantitative estimate of drug-likeness (QED) is 0.203. The molecular weight excluding hydrogens is 476 g/mol. The van der Waals surface area contributed by atoms with E-state index in [0.29, 0.717) is 11.8 Å². The first-order valence-corrected chi connectivity index (χ1v) is 14.1. The van der Waals surface area contributed by atoms with Crippen LogP contribution in [0.3, 0.4) is 0 Å². The highest BCUT2D eigenvalue weighted by Gasteiger charge is 2.21. The minimum absolute atomic E-state index is 0.443. The van der Waals surface area contributed by atoms with Gasteiger partial charge in [0, 0.05) is 5.39 Å². The SMILES string of the molecule is CC(C)c1cccc(C(C)C)c1Cn1c(-c2coc3ccc(CCc4ccccc4)cc23)nc2ccccc21. The lowest BCUT2D eigenvalue weighted by Gasteiger charge is -2.21. The van der Waals surface area contributed by atoms with Crippen molar-refractivity contribution >= 4 is 22.0 Å². The third-order valence-corrected chi connectivity index (χ3v) is 7.89.